The molecule has 0 saturated carbocycles. The Kier molecular flexibility index (Phi) is 5.41. The van der Waals surface area contributed by atoms with E-state index in [1.54, 1.807) is 49.4 Å². The lowest BCUT2D eigenvalue weighted by atomic mass is 10.2. The molecule has 0 fully saturated rings. The highest BCUT2D eigenvalue weighted by atomic mass is 35.5. The molecule has 2 aromatic rings. The lowest BCUT2D eigenvalue weighted by Gasteiger charge is -2.11. The van der Waals surface area contributed by atoms with Crippen molar-refractivity contribution >= 4 is 40.8 Å². The molecule has 0 aliphatic rings. The highest BCUT2D eigenvalue weighted by Gasteiger charge is 2.14. The summed E-state index contributed by atoms with van der Waals surface area (Å²) in [5, 5.41) is 3.22. The molecule has 0 bridgehead atoms. The minimum Gasteiger partial charge on any atom is -0.452 e. The molecule has 0 spiro atoms. The zero-order valence-corrected chi connectivity index (χ0v) is 13.2. The fourth-order valence-electron chi connectivity index (χ4n) is 1.74. The summed E-state index contributed by atoms with van der Waals surface area (Å²) in [6, 6.07) is 11.8. The van der Waals surface area contributed by atoms with E-state index in [-0.39, 0.29) is 0 Å². The second-order valence-corrected chi connectivity index (χ2v) is 5.33. The molecular weight excluding hydrogens is 325 g/mol. The standard InChI is InChI=1S/C16H13Cl2NO3/c1-10-7-8-12(17)15(14(10)18)19-13(20)9-22-16(21)11-5-3-2-4-6-11/h2-8H,9H2,1H3,(H,19,20). The Balaban J connectivity index is 1.97. The summed E-state index contributed by atoms with van der Waals surface area (Å²) in [4.78, 5) is 23.6. The van der Waals surface area contributed by atoms with E-state index in [0.29, 0.717) is 21.3 Å². The minimum absolute atomic E-state index is 0.309. The van der Waals surface area contributed by atoms with Gasteiger partial charge in [0.2, 0.25) is 0 Å². The number of ether oxygens (including phenoxy) is 1. The van der Waals surface area contributed by atoms with Gasteiger partial charge in [0, 0.05) is 0 Å². The van der Waals surface area contributed by atoms with Gasteiger partial charge in [0.15, 0.2) is 6.61 Å². The number of hydrogen-bond acceptors (Lipinski definition) is 3. The number of aryl methyl sites for hydroxylation is 1. The summed E-state index contributed by atoms with van der Waals surface area (Å²) < 4.78 is 4.93. The van der Waals surface area contributed by atoms with Gasteiger partial charge >= 0.3 is 5.97 Å². The predicted octanol–water partition coefficient (Wildman–Crippen LogP) is 4.10. The Labute approximate surface area is 138 Å². The third-order valence-corrected chi connectivity index (χ3v) is 3.69. The van der Waals surface area contributed by atoms with Crippen molar-refractivity contribution in [1.82, 2.24) is 0 Å². The number of halogens is 2. The Hall–Kier alpha value is -2.04. The van der Waals surface area contributed by atoms with Crippen LogP contribution >= 0.6 is 23.2 Å². The summed E-state index contributed by atoms with van der Waals surface area (Å²) in [7, 11) is 0. The predicted molar refractivity (Wildman–Crippen MR) is 86.6 cm³/mol. The summed E-state index contributed by atoms with van der Waals surface area (Å²) in [6.07, 6.45) is 0. The van der Waals surface area contributed by atoms with Gasteiger partial charge in [-0.2, -0.15) is 0 Å². The summed E-state index contributed by atoms with van der Waals surface area (Å²) >= 11 is 12.1. The zero-order chi connectivity index (χ0) is 16.1. The molecule has 2 aromatic carbocycles. The van der Waals surface area contributed by atoms with Gasteiger partial charge in [-0.1, -0.05) is 47.5 Å². The molecule has 0 heterocycles. The molecule has 0 saturated heterocycles. The molecule has 0 radical (unpaired) electrons. The van der Waals surface area contributed by atoms with E-state index < -0.39 is 18.5 Å². The van der Waals surface area contributed by atoms with Gasteiger partial charge in [-0.3, -0.25) is 4.79 Å². The Morgan fingerprint density at radius 2 is 1.77 bits per heavy atom. The van der Waals surface area contributed by atoms with Crippen molar-refractivity contribution in [3.05, 3.63) is 63.6 Å². The Bertz CT molecular complexity index is 702. The van der Waals surface area contributed by atoms with Crippen molar-refractivity contribution in [2.45, 2.75) is 6.92 Å². The van der Waals surface area contributed by atoms with Crippen LogP contribution in [0.1, 0.15) is 15.9 Å². The Morgan fingerprint density at radius 1 is 1.09 bits per heavy atom. The fourth-order valence-corrected chi connectivity index (χ4v) is 2.20. The van der Waals surface area contributed by atoms with E-state index in [1.807, 2.05) is 0 Å². The molecule has 0 atom stereocenters. The third kappa shape index (κ3) is 4.00. The molecule has 6 heteroatoms. The van der Waals surface area contributed by atoms with Gasteiger partial charge in [-0.15, -0.1) is 0 Å². The lowest BCUT2D eigenvalue weighted by molar-refractivity contribution is -0.119. The molecule has 0 aromatic heterocycles. The average Bonchev–Trinajstić information content (AvgIpc) is 2.53. The van der Waals surface area contributed by atoms with Crippen molar-refractivity contribution in [3.63, 3.8) is 0 Å². The van der Waals surface area contributed by atoms with Crippen LogP contribution in [0.5, 0.6) is 0 Å². The van der Waals surface area contributed by atoms with Crippen LogP contribution in [0.15, 0.2) is 42.5 Å². The second-order valence-electron chi connectivity index (χ2n) is 4.54. The van der Waals surface area contributed by atoms with Crippen LogP contribution in [0, 0.1) is 6.92 Å². The fraction of sp³-hybridized carbons (Fsp3) is 0.125. The van der Waals surface area contributed by atoms with Crippen LogP contribution in [-0.2, 0) is 9.53 Å². The number of anilines is 1. The molecule has 1 amide bonds. The van der Waals surface area contributed by atoms with Crippen molar-refractivity contribution in [2.24, 2.45) is 0 Å². The number of hydrogen-bond donors (Lipinski definition) is 1. The number of amides is 1. The van der Waals surface area contributed by atoms with Gasteiger partial charge in [0.05, 0.1) is 21.3 Å². The number of carbonyl (C=O) groups is 2. The molecule has 114 valence electrons. The first-order valence-electron chi connectivity index (χ1n) is 6.45. The maximum absolute atomic E-state index is 11.9. The first-order valence-corrected chi connectivity index (χ1v) is 7.21. The summed E-state index contributed by atoms with van der Waals surface area (Å²) in [5.74, 6) is -1.09. The molecule has 4 nitrogen and oxygen atoms in total. The average molecular weight is 338 g/mol. The van der Waals surface area contributed by atoms with E-state index in [9.17, 15) is 9.59 Å². The third-order valence-electron chi connectivity index (χ3n) is 2.89. The molecular formula is C16H13Cl2NO3. The van der Waals surface area contributed by atoms with Crippen molar-refractivity contribution in [3.8, 4) is 0 Å². The van der Waals surface area contributed by atoms with E-state index in [2.05, 4.69) is 5.32 Å². The number of carbonyl (C=O) groups excluding carboxylic acids is 2. The van der Waals surface area contributed by atoms with Gasteiger partial charge in [-0.25, -0.2) is 4.79 Å². The molecule has 0 unspecified atom stereocenters. The largest absolute Gasteiger partial charge is 0.452 e. The van der Waals surface area contributed by atoms with E-state index in [4.69, 9.17) is 27.9 Å². The highest BCUT2D eigenvalue weighted by molar-refractivity contribution is 6.40. The number of nitrogens with one attached hydrogen (secondary N) is 1. The first-order chi connectivity index (χ1) is 10.5. The van der Waals surface area contributed by atoms with Crippen LogP contribution in [0.3, 0.4) is 0 Å². The van der Waals surface area contributed by atoms with E-state index in [1.165, 1.54) is 0 Å². The summed E-state index contributed by atoms with van der Waals surface area (Å²) in [5.41, 5.74) is 1.47. The van der Waals surface area contributed by atoms with Crippen LogP contribution in [-0.4, -0.2) is 18.5 Å². The maximum atomic E-state index is 11.9. The number of rotatable bonds is 4. The van der Waals surface area contributed by atoms with Gasteiger partial charge in [0.25, 0.3) is 5.91 Å². The van der Waals surface area contributed by atoms with Crippen LogP contribution < -0.4 is 5.32 Å². The number of esters is 1. The van der Waals surface area contributed by atoms with Crippen LogP contribution in [0.25, 0.3) is 0 Å². The first kappa shape index (κ1) is 16.3. The summed E-state index contributed by atoms with van der Waals surface area (Å²) in [6.45, 7) is 1.37. The van der Waals surface area contributed by atoms with Crippen LogP contribution in [0.2, 0.25) is 10.0 Å². The molecule has 22 heavy (non-hydrogen) atoms. The topological polar surface area (TPSA) is 55.4 Å². The zero-order valence-electron chi connectivity index (χ0n) is 11.7. The number of benzene rings is 2. The molecule has 2 rings (SSSR count). The SMILES string of the molecule is Cc1ccc(Cl)c(NC(=O)COC(=O)c2ccccc2)c1Cl. The minimum atomic E-state index is -0.572. The highest BCUT2D eigenvalue weighted by Crippen LogP contribution is 2.32. The smallest absolute Gasteiger partial charge is 0.338 e. The second kappa shape index (κ2) is 7.29. The normalized spacial score (nSPS) is 10.1. The maximum Gasteiger partial charge on any atom is 0.338 e. The molecule has 0 aliphatic carbocycles. The van der Waals surface area contributed by atoms with Crippen molar-refractivity contribution < 1.29 is 14.3 Å². The Morgan fingerprint density at radius 3 is 2.45 bits per heavy atom. The quantitative estimate of drug-likeness (QED) is 0.854. The molecule has 0 aliphatic heterocycles. The van der Waals surface area contributed by atoms with E-state index >= 15 is 0 Å². The van der Waals surface area contributed by atoms with Gasteiger partial charge < -0.3 is 10.1 Å². The monoisotopic (exact) mass is 337 g/mol. The van der Waals surface area contributed by atoms with Crippen LogP contribution in [0.4, 0.5) is 5.69 Å². The lowest BCUT2D eigenvalue weighted by Crippen LogP contribution is -2.21. The van der Waals surface area contributed by atoms with Gasteiger partial charge in [0.1, 0.15) is 0 Å². The van der Waals surface area contributed by atoms with E-state index in [0.717, 1.165) is 5.56 Å². The van der Waals surface area contributed by atoms with Crippen molar-refractivity contribution in [2.75, 3.05) is 11.9 Å². The van der Waals surface area contributed by atoms with Gasteiger partial charge in [-0.05, 0) is 30.7 Å². The van der Waals surface area contributed by atoms with Crippen molar-refractivity contribution in [1.29, 1.82) is 0 Å². The molecule has 1 N–H and O–H groups in total.